The maximum Gasteiger partial charge on any atom is 0.435 e. The monoisotopic (exact) mass is 430 g/mol. The van der Waals surface area contributed by atoms with Gasteiger partial charge in [0.1, 0.15) is 11.6 Å². The number of amides is 1. The molecule has 3 rings (SSSR count). The van der Waals surface area contributed by atoms with Crippen molar-refractivity contribution in [1.29, 1.82) is 0 Å². The van der Waals surface area contributed by atoms with Gasteiger partial charge >= 0.3 is 12.8 Å². The molecule has 0 unspecified atom stereocenters. The number of carbonyl (C=O) groups is 1. The highest BCUT2D eigenvalue weighted by Crippen LogP contribution is 2.33. The van der Waals surface area contributed by atoms with Crippen LogP contribution in [0.5, 0.6) is 5.75 Å². The van der Waals surface area contributed by atoms with E-state index in [9.17, 15) is 31.1 Å². The summed E-state index contributed by atoms with van der Waals surface area (Å²) in [5.74, 6) is -2.14. The summed E-state index contributed by atoms with van der Waals surface area (Å²) in [5, 5.41) is 8.83. The van der Waals surface area contributed by atoms with E-state index >= 15 is 0 Å². The predicted octanol–water partition coefficient (Wildman–Crippen LogP) is 3.96. The molecule has 158 valence electrons. The van der Waals surface area contributed by atoms with Gasteiger partial charge in [-0.3, -0.25) is 4.79 Å². The number of rotatable bonds is 6. The Morgan fingerprint density at radius 1 is 1.10 bits per heavy atom. The van der Waals surface area contributed by atoms with Gasteiger partial charge in [-0.2, -0.15) is 22.0 Å². The second-order valence-electron chi connectivity index (χ2n) is 5.84. The highest BCUT2D eigenvalue weighted by atomic mass is 19.4. The molecule has 0 aliphatic heterocycles. The van der Waals surface area contributed by atoms with E-state index in [1.807, 2.05) is 0 Å². The van der Waals surface area contributed by atoms with Gasteiger partial charge in [0, 0.05) is 12.1 Å². The molecule has 30 heavy (non-hydrogen) atoms. The van der Waals surface area contributed by atoms with Crippen molar-refractivity contribution in [2.24, 2.45) is 0 Å². The fourth-order valence-corrected chi connectivity index (χ4v) is 2.57. The molecule has 0 aliphatic carbocycles. The van der Waals surface area contributed by atoms with E-state index in [0.717, 1.165) is 24.3 Å². The Hall–Kier alpha value is -3.57. The largest absolute Gasteiger partial charge is 0.435 e. The Morgan fingerprint density at radius 2 is 1.77 bits per heavy atom. The summed E-state index contributed by atoms with van der Waals surface area (Å²) in [6.45, 7) is -3.52. The van der Waals surface area contributed by atoms with Crippen molar-refractivity contribution in [1.82, 2.24) is 20.3 Å². The molecular formula is C18H12F6N4O2. The number of benzene rings is 2. The van der Waals surface area contributed by atoms with Crippen LogP contribution in [0.3, 0.4) is 0 Å². The summed E-state index contributed by atoms with van der Waals surface area (Å²) in [7, 11) is 0. The van der Waals surface area contributed by atoms with Crippen molar-refractivity contribution < 1.29 is 35.9 Å². The van der Waals surface area contributed by atoms with Crippen molar-refractivity contribution in [3.63, 3.8) is 0 Å². The number of carbonyl (C=O) groups excluding carboxylic acids is 1. The van der Waals surface area contributed by atoms with Crippen LogP contribution in [0.4, 0.5) is 26.3 Å². The molecule has 0 fully saturated rings. The molecule has 6 nitrogen and oxygen atoms in total. The van der Waals surface area contributed by atoms with Crippen LogP contribution < -0.4 is 10.1 Å². The molecule has 0 aliphatic rings. The number of aromatic nitrogens is 3. The molecule has 1 N–H and O–H groups in total. The van der Waals surface area contributed by atoms with Crippen LogP contribution in [0.1, 0.15) is 21.7 Å². The highest BCUT2D eigenvalue weighted by molar-refractivity contribution is 5.93. The molecule has 1 amide bonds. The van der Waals surface area contributed by atoms with E-state index in [-0.39, 0.29) is 17.0 Å². The number of ether oxygens (including phenoxy) is 1. The van der Waals surface area contributed by atoms with E-state index in [1.165, 1.54) is 24.3 Å². The molecule has 1 aromatic heterocycles. The van der Waals surface area contributed by atoms with Crippen LogP contribution in [0.25, 0.3) is 5.69 Å². The Balaban J connectivity index is 1.87. The van der Waals surface area contributed by atoms with Gasteiger partial charge in [0.05, 0.1) is 5.69 Å². The highest BCUT2D eigenvalue weighted by Gasteiger charge is 2.42. The molecule has 0 saturated carbocycles. The van der Waals surface area contributed by atoms with Crippen LogP contribution in [0.2, 0.25) is 0 Å². The van der Waals surface area contributed by atoms with Crippen molar-refractivity contribution in [2.75, 3.05) is 0 Å². The number of para-hydroxylation sites is 1. The molecule has 0 atom stereocenters. The number of hydrogen-bond donors (Lipinski definition) is 1. The second kappa shape index (κ2) is 8.43. The van der Waals surface area contributed by atoms with E-state index < -0.39 is 42.4 Å². The lowest BCUT2D eigenvalue weighted by atomic mass is 10.2. The van der Waals surface area contributed by atoms with Crippen molar-refractivity contribution in [2.45, 2.75) is 19.3 Å². The molecular weight excluding hydrogens is 418 g/mol. The van der Waals surface area contributed by atoms with Gasteiger partial charge in [0.2, 0.25) is 0 Å². The average molecular weight is 430 g/mol. The van der Waals surface area contributed by atoms with Gasteiger partial charge in [-0.1, -0.05) is 23.4 Å². The van der Waals surface area contributed by atoms with Crippen molar-refractivity contribution in [3.8, 4) is 11.4 Å². The minimum atomic E-state index is -5.01. The molecule has 0 spiro atoms. The van der Waals surface area contributed by atoms with Gasteiger partial charge in [0.15, 0.2) is 11.4 Å². The lowest BCUT2D eigenvalue weighted by Gasteiger charge is -2.12. The van der Waals surface area contributed by atoms with Crippen molar-refractivity contribution in [3.05, 3.63) is 71.3 Å². The van der Waals surface area contributed by atoms with Crippen LogP contribution in [0.15, 0.2) is 48.5 Å². The molecule has 12 heteroatoms. The lowest BCUT2D eigenvalue weighted by Crippen LogP contribution is -2.27. The standard InChI is InChI=1S/C18H12F6N4O2/c19-11-5-7-12(8-6-11)28-15(18(22,23)24)14(26-27-28)16(29)25-9-10-3-1-2-4-13(10)30-17(20)21/h1-8,17H,9H2,(H,25,29). The number of nitrogens with one attached hydrogen (secondary N) is 1. The Labute approximate surface area is 165 Å². The number of halogens is 6. The summed E-state index contributed by atoms with van der Waals surface area (Å²) in [6.07, 6.45) is -5.01. The van der Waals surface area contributed by atoms with Crippen LogP contribution in [-0.2, 0) is 12.7 Å². The zero-order valence-corrected chi connectivity index (χ0v) is 14.8. The quantitative estimate of drug-likeness (QED) is 0.602. The van der Waals surface area contributed by atoms with Crippen LogP contribution >= 0.6 is 0 Å². The van der Waals surface area contributed by atoms with Crippen molar-refractivity contribution >= 4 is 5.91 Å². The summed E-state index contributed by atoms with van der Waals surface area (Å²) in [6, 6.07) is 9.41. The first-order valence-corrected chi connectivity index (χ1v) is 8.26. The zero-order valence-electron chi connectivity index (χ0n) is 14.8. The first-order chi connectivity index (χ1) is 14.2. The number of nitrogens with zero attached hydrogens (tertiary/aromatic N) is 3. The maximum absolute atomic E-state index is 13.6. The lowest BCUT2D eigenvalue weighted by molar-refractivity contribution is -0.143. The Bertz CT molecular complexity index is 1030. The van der Waals surface area contributed by atoms with Gasteiger partial charge < -0.3 is 10.1 Å². The molecule has 0 bridgehead atoms. The predicted molar refractivity (Wildman–Crippen MR) is 90.6 cm³/mol. The topological polar surface area (TPSA) is 69.0 Å². The second-order valence-corrected chi connectivity index (χ2v) is 5.84. The molecule has 0 saturated heterocycles. The summed E-state index contributed by atoms with van der Waals surface area (Å²) in [4.78, 5) is 12.3. The van der Waals surface area contributed by atoms with E-state index in [2.05, 4.69) is 20.4 Å². The molecule has 1 heterocycles. The fraction of sp³-hybridized carbons (Fsp3) is 0.167. The van der Waals surface area contributed by atoms with Crippen LogP contribution in [0, 0.1) is 5.82 Å². The fourth-order valence-electron chi connectivity index (χ4n) is 2.57. The SMILES string of the molecule is O=C(NCc1ccccc1OC(F)F)c1nnn(-c2ccc(F)cc2)c1C(F)(F)F. The van der Waals surface area contributed by atoms with Gasteiger partial charge in [-0.15, -0.1) is 5.10 Å². The maximum atomic E-state index is 13.6. The van der Waals surface area contributed by atoms with E-state index in [0.29, 0.717) is 4.68 Å². The average Bonchev–Trinajstić information content (AvgIpc) is 3.13. The Kier molecular flexibility index (Phi) is 5.94. The number of hydrogen-bond acceptors (Lipinski definition) is 4. The van der Waals surface area contributed by atoms with Gasteiger partial charge in [-0.05, 0) is 30.3 Å². The summed E-state index contributed by atoms with van der Waals surface area (Å²) >= 11 is 0. The first-order valence-electron chi connectivity index (χ1n) is 8.26. The molecule has 2 aromatic carbocycles. The normalized spacial score (nSPS) is 11.6. The third kappa shape index (κ3) is 4.70. The van der Waals surface area contributed by atoms with Gasteiger partial charge in [-0.25, -0.2) is 9.07 Å². The van der Waals surface area contributed by atoms with E-state index in [1.54, 1.807) is 0 Å². The first kappa shape index (κ1) is 21.1. The van der Waals surface area contributed by atoms with Gasteiger partial charge in [0.25, 0.3) is 5.91 Å². The summed E-state index contributed by atoms with van der Waals surface area (Å²) < 4.78 is 83.4. The minimum absolute atomic E-state index is 0.116. The molecule has 0 radical (unpaired) electrons. The summed E-state index contributed by atoms with van der Waals surface area (Å²) in [5.41, 5.74) is -2.54. The smallest absolute Gasteiger partial charge is 0.434 e. The Morgan fingerprint density at radius 3 is 2.40 bits per heavy atom. The molecule has 3 aromatic rings. The zero-order chi connectivity index (χ0) is 21.9. The third-order valence-electron chi connectivity index (χ3n) is 3.85. The minimum Gasteiger partial charge on any atom is -0.434 e. The number of alkyl halides is 5. The van der Waals surface area contributed by atoms with Crippen LogP contribution in [-0.4, -0.2) is 27.5 Å². The van der Waals surface area contributed by atoms with E-state index in [4.69, 9.17) is 0 Å². The third-order valence-corrected chi connectivity index (χ3v) is 3.85.